The van der Waals surface area contributed by atoms with Crippen LogP contribution in [0.15, 0.2) is 61.2 Å². The Morgan fingerprint density at radius 3 is 2.80 bits per heavy atom. The SMILES string of the molecule is O=C(COc1ccc(Cl)cc1Cl)NCc1ccccc1-n1ccnc1. The number of aromatic nitrogens is 2. The van der Waals surface area contributed by atoms with Gasteiger partial charge in [-0.15, -0.1) is 0 Å². The fourth-order valence-corrected chi connectivity index (χ4v) is 2.76. The summed E-state index contributed by atoms with van der Waals surface area (Å²) in [5.74, 6) is 0.173. The zero-order chi connectivity index (χ0) is 17.6. The third-order valence-electron chi connectivity index (χ3n) is 3.50. The minimum absolute atomic E-state index is 0.130. The van der Waals surface area contributed by atoms with Crippen LogP contribution in [0.25, 0.3) is 5.69 Å². The van der Waals surface area contributed by atoms with Gasteiger partial charge in [0.15, 0.2) is 6.61 Å². The molecule has 3 rings (SSSR count). The molecule has 5 nitrogen and oxygen atoms in total. The number of carbonyl (C=O) groups is 1. The minimum Gasteiger partial charge on any atom is -0.482 e. The Morgan fingerprint density at radius 1 is 1.20 bits per heavy atom. The summed E-state index contributed by atoms with van der Waals surface area (Å²) in [7, 11) is 0. The Morgan fingerprint density at radius 2 is 2.04 bits per heavy atom. The molecule has 7 heteroatoms. The number of hydrogen-bond acceptors (Lipinski definition) is 3. The van der Waals surface area contributed by atoms with Gasteiger partial charge >= 0.3 is 0 Å². The van der Waals surface area contributed by atoms with E-state index in [1.165, 1.54) is 0 Å². The molecule has 0 atom stereocenters. The first-order valence-corrected chi connectivity index (χ1v) is 8.30. The largest absolute Gasteiger partial charge is 0.482 e. The molecule has 1 N–H and O–H groups in total. The number of nitrogens with one attached hydrogen (secondary N) is 1. The molecule has 128 valence electrons. The Bertz CT molecular complexity index is 867. The maximum Gasteiger partial charge on any atom is 0.258 e. The van der Waals surface area contributed by atoms with Gasteiger partial charge in [0.25, 0.3) is 5.91 Å². The summed E-state index contributed by atoms with van der Waals surface area (Å²) in [4.78, 5) is 16.1. The van der Waals surface area contributed by atoms with Gasteiger partial charge in [0.1, 0.15) is 5.75 Å². The number of rotatable bonds is 6. The highest BCUT2D eigenvalue weighted by atomic mass is 35.5. The van der Waals surface area contributed by atoms with Crippen molar-refractivity contribution in [2.45, 2.75) is 6.54 Å². The zero-order valence-electron chi connectivity index (χ0n) is 13.2. The predicted octanol–water partition coefficient (Wildman–Crippen LogP) is 3.87. The van der Waals surface area contributed by atoms with Gasteiger partial charge in [-0.2, -0.15) is 0 Å². The molecular formula is C18H15Cl2N3O2. The lowest BCUT2D eigenvalue weighted by molar-refractivity contribution is -0.123. The van der Waals surface area contributed by atoms with E-state index in [2.05, 4.69) is 10.3 Å². The van der Waals surface area contributed by atoms with Crippen LogP contribution in [0.4, 0.5) is 0 Å². The van der Waals surface area contributed by atoms with Gasteiger partial charge in [0.05, 0.1) is 17.0 Å². The lowest BCUT2D eigenvalue weighted by atomic mass is 10.1. The van der Waals surface area contributed by atoms with Crippen LogP contribution < -0.4 is 10.1 Å². The zero-order valence-corrected chi connectivity index (χ0v) is 14.7. The molecule has 0 unspecified atom stereocenters. The molecule has 1 aromatic heterocycles. The molecule has 1 amide bonds. The number of carbonyl (C=O) groups excluding carboxylic acids is 1. The van der Waals surface area contributed by atoms with Gasteiger partial charge in [-0.3, -0.25) is 4.79 Å². The van der Waals surface area contributed by atoms with E-state index >= 15 is 0 Å². The summed E-state index contributed by atoms with van der Waals surface area (Å²) in [6.45, 7) is 0.249. The Kier molecular flexibility index (Phi) is 5.58. The van der Waals surface area contributed by atoms with Gasteiger partial charge < -0.3 is 14.6 Å². The van der Waals surface area contributed by atoms with Crippen molar-refractivity contribution in [2.24, 2.45) is 0 Å². The second-order valence-corrected chi connectivity index (χ2v) is 6.08. The van der Waals surface area contributed by atoms with Gasteiger partial charge in [0.2, 0.25) is 0 Å². The minimum atomic E-state index is -0.244. The number of amides is 1. The fourth-order valence-electron chi connectivity index (χ4n) is 2.29. The van der Waals surface area contributed by atoms with Gasteiger partial charge in [-0.05, 0) is 29.8 Å². The van der Waals surface area contributed by atoms with E-state index < -0.39 is 0 Å². The van der Waals surface area contributed by atoms with Crippen molar-refractivity contribution in [3.05, 3.63) is 76.8 Å². The maximum atomic E-state index is 12.0. The molecule has 25 heavy (non-hydrogen) atoms. The number of para-hydroxylation sites is 1. The van der Waals surface area contributed by atoms with Gasteiger partial charge in [-0.1, -0.05) is 41.4 Å². The van der Waals surface area contributed by atoms with Crippen molar-refractivity contribution >= 4 is 29.1 Å². The molecule has 2 aromatic carbocycles. The quantitative estimate of drug-likeness (QED) is 0.711. The van der Waals surface area contributed by atoms with E-state index in [0.29, 0.717) is 22.3 Å². The number of ether oxygens (including phenoxy) is 1. The third kappa shape index (κ3) is 4.53. The van der Waals surface area contributed by atoms with Crippen LogP contribution in [0, 0.1) is 0 Å². The fraction of sp³-hybridized carbons (Fsp3) is 0.111. The van der Waals surface area contributed by atoms with Crippen molar-refractivity contribution in [2.75, 3.05) is 6.61 Å². The van der Waals surface area contributed by atoms with Crippen molar-refractivity contribution in [3.8, 4) is 11.4 Å². The second kappa shape index (κ2) is 8.05. The maximum absolute atomic E-state index is 12.0. The van der Waals surface area contributed by atoms with Crippen molar-refractivity contribution in [3.63, 3.8) is 0 Å². The molecule has 0 radical (unpaired) electrons. The van der Waals surface area contributed by atoms with E-state index in [1.54, 1.807) is 30.7 Å². The monoisotopic (exact) mass is 375 g/mol. The number of halogens is 2. The molecule has 0 fully saturated rings. The molecule has 0 spiro atoms. The molecule has 0 aliphatic rings. The van der Waals surface area contributed by atoms with E-state index in [9.17, 15) is 4.79 Å². The first-order valence-electron chi connectivity index (χ1n) is 7.54. The molecule has 0 saturated carbocycles. The summed E-state index contributed by atoms with van der Waals surface area (Å²) in [6, 6.07) is 12.6. The summed E-state index contributed by atoms with van der Waals surface area (Å²) in [5.41, 5.74) is 1.93. The van der Waals surface area contributed by atoms with Crippen molar-refractivity contribution in [1.82, 2.24) is 14.9 Å². The Hall–Kier alpha value is -2.50. The van der Waals surface area contributed by atoms with Crippen LogP contribution in [0.2, 0.25) is 10.0 Å². The van der Waals surface area contributed by atoms with Crippen LogP contribution in [0.3, 0.4) is 0 Å². The van der Waals surface area contributed by atoms with Gasteiger partial charge in [-0.25, -0.2) is 4.98 Å². The molecule has 0 bridgehead atoms. The molecular weight excluding hydrogens is 361 g/mol. The summed E-state index contributed by atoms with van der Waals surface area (Å²) < 4.78 is 7.32. The average Bonchev–Trinajstić information content (AvgIpc) is 3.14. The Balaban J connectivity index is 1.58. The van der Waals surface area contributed by atoms with Crippen LogP contribution >= 0.6 is 23.2 Å². The number of imidazole rings is 1. The standard InChI is InChI=1S/C18H15Cl2N3O2/c19-14-5-6-17(15(20)9-14)25-11-18(24)22-10-13-3-1-2-4-16(13)23-8-7-21-12-23/h1-9,12H,10-11H2,(H,22,24). The third-order valence-corrected chi connectivity index (χ3v) is 4.03. The Labute approximate surface area is 155 Å². The first-order chi connectivity index (χ1) is 12.1. The summed E-state index contributed by atoms with van der Waals surface area (Å²) in [6.07, 6.45) is 5.28. The van der Waals surface area contributed by atoms with E-state index in [4.69, 9.17) is 27.9 Å². The molecule has 3 aromatic rings. The van der Waals surface area contributed by atoms with Crippen LogP contribution in [0.1, 0.15) is 5.56 Å². The van der Waals surface area contributed by atoms with Crippen molar-refractivity contribution < 1.29 is 9.53 Å². The van der Waals surface area contributed by atoms with E-state index in [0.717, 1.165) is 11.3 Å². The van der Waals surface area contributed by atoms with E-state index in [-0.39, 0.29) is 12.5 Å². The van der Waals surface area contributed by atoms with Crippen molar-refractivity contribution in [1.29, 1.82) is 0 Å². The molecule has 0 aliphatic heterocycles. The summed E-state index contributed by atoms with van der Waals surface area (Å²) >= 11 is 11.8. The number of nitrogens with zero attached hydrogens (tertiary/aromatic N) is 2. The smallest absolute Gasteiger partial charge is 0.258 e. The van der Waals surface area contributed by atoms with Crippen LogP contribution in [0.5, 0.6) is 5.75 Å². The molecule has 0 saturated heterocycles. The second-order valence-electron chi connectivity index (χ2n) is 5.24. The molecule has 0 aliphatic carbocycles. The summed E-state index contributed by atoms with van der Waals surface area (Å²) in [5, 5.41) is 3.71. The highest BCUT2D eigenvalue weighted by Gasteiger charge is 2.08. The lowest BCUT2D eigenvalue weighted by Gasteiger charge is -2.12. The first kappa shape index (κ1) is 17.3. The highest BCUT2D eigenvalue weighted by molar-refractivity contribution is 6.35. The van der Waals surface area contributed by atoms with Crippen LogP contribution in [-0.4, -0.2) is 22.1 Å². The lowest BCUT2D eigenvalue weighted by Crippen LogP contribution is -2.28. The van der Waals surface area contributed by atoms with E-state index in [1.807, 2.05) is 35.0 Å². The average molecular weight is 376 g/mol. The normalized spacial score (nSPS) is 10.5. The number of benzene rings is 2. The molecule has 1 heterocycles. The highest BCUT2D eigenvalue weighted by Crippen LogP contribution is 2.27. The predicted molar refractivity (Wildman–Crippen MR) is 97.4 cm³/mol. The van der Waals surface area contributed by atoms with Gasteiger partial charge in [0, 0.05) is 24.0 Å². The number of hydrogen-bond donors (Lipinski definition) is 1. The van der Waals surface area contributed by atoms with Crippen LogP contribution in [-0.2, 0) is 11.3 Å². The topological polar surface area (TPSA) is 56.1 Å².